The molecule has 0 aliphatic rings. The predicted molar refractivity (Wildman–Crippen MR) is 113 cm³/mol. The van der Waals surface area contributed by atoms with Gasteiger partial charge in [-0.05, 0) is 54.4 Å². The molecule has 0 spiro atoms. The summed E-state index contributed by atoms with van der Waals surface area (Å²) < 4.78 is 13.3. The number of hydrogen-bond donors (Lipinski definition) is 3. The van der Waals surface area contributed by atoms with E-state index < -0.39 is 0 Å². The van der Waals surface area contributed by atoms with E-state index in [2.05, 4.69) is 20.3 Å². The van der Waals surface area contributed by atoms with Gasteiger partial charge in [0.05, 0.1) is 16.3 Å². The van der Waals surface area contributed by atoms with Crippen molar-refractivity contribution >= 4 is 28.1 Å². The summed E-state index contributed by atoms with van der Waals surface area (Å²) in [5, 5.41) is 12.7. The number of aliphatic hydroxyl groups is 1. The molecule has 0 aliphatic carbocycles. The average Bonchev–Trinajstić information content (AvgIpc) is 3.11. The Kier molecular flexibility index (Phi) is 5.46. The summed E-state index contributed by atoms with van der Waals surface area (Å²) in [6.45, 7) is 0.0917. The highest BCUT2D eigenvalue weighted by atomic mass is 32.1. The topological polar surface area (TPSA) is 97.0 Å². The van der Waals surface area contributed by atoms with Crippen LogP contribution in [0.5, 0.6) is 0 Å². The van der Waals surface area contributed by atoms with Crippen LogP contribution < -0.4 is 11.1 Å². The van der Waals surface area contributed by atoms with Gasteiger partial charge in [0.2, 0.25) is 5.95 Å². The van der Waals surface area contributed by atoms with Crippen molar-refractivity contribution in [3.05, 3.63) is 72.2 Å². The molecule has 0 atom stereocenters. The zero-order chi connectivity index (χ0) is 20.2. The van der Waals surface area contributed by atoms with Crippen LogP contribution in [-0.2, 0) is 6.42 Å². The van der Waals surface area contributed by atoms with Crippen LogP contribution in [0, 0.1) is 5.82 Å². The normalized spacial score (nSPS) is 10.8. The Morgan fingerprint density at radius 1 is 1.07 bits per heavy atom. The van der Waals surface area contributed by atoms with E-state index in [1.54, 1.807) is 24.4 Å². The van der Waals surface area contributed by atoms with Gasteiger partial charge in [-0.25, -0.2) is 19.3 Å². The smallest absolute Gasteiger partial charge is 0.227 e. The van der Waals surface area contributed by atoms with Gasteiger partial charge in [-0.3, -0.25) is 0 Å². The lowest BCUT2D eigenvalue weighted by molar-refractivity contribution is 0.299. The van der Waals surface area contributed by atoms with Crippen LogP contribution >= 0.6 is 11.3 Å². The van der Waals surface area contributed by atoms with Gasteiger partial charge in [0.15, 0.2) is 5.13 Å². The number of nitrogens with two attached hydrogens (primary N) is 1. The minimum Gasteiger partial charge on any atom is -0.396 e. The maximum Gasteiger partial charge on any atom is 0.227 e. The van der Waals surface area contributed by atoms with Gasteiger partial charge in [0.1, 0.15) is 5.82 Å². The number of thiazole rings is 1. The summed E-state index contributed by atoms with van der Waals surface area (Å²) in [6, 6.07) is 15.6. The predicted octanol–water partition coefficient (Wildman–Crippen LogP) is 4.27. The molecule has 4 N–H and O–H groups in total. The Morgan fingerprint density at radius 3 is 2.69 bits per heavy atom. The van der Waals surface area contributed by atoms with Gasteiger partial charge in [-0.15, -0.1) is 0 Å². The average molecular weight is 407 g/mol. The molecule has 2 aromatic heterocycles. The highest BCUT2D eigenvalue weighted by molar-refractivity contribution is 7.19. The van der Waals surface area contributed by atoms with Gasteiger partial charge in [-0.2, -0.15) is 0 Å². The Balaban J connectivity index is 1.66. The second-order valence-electron chi connectivity index (χ2n) is 6.30. The molecule has 0 radical (unpaired) electrons. The third-order valence-electron chi connectivity index (χ3n) is 4.23. The second kappa shape index (κ2) is 8.34. The first-order chi connectivity index (χ1) is 14.1. The quantitative estimate of drug-likeness (QED) is 0.442. The van der Waals surface area contributed by atoms with Gasteiger partial charge >= 0.3 is 0 Å². The molecule has 6 nitrogen and oxygen atoms in total. The molecule has 0 saturated carbocycles. The highest BCUT2D eigenvalue weighted by Gasteiger charge is 2.16. The maximum atomic E-state index is 13.3. The largest absolute Gasteiger partial charge is 0.396 e. The third kappa shape index (κ3) is 4.39. The molecular formula is C21H18FN5OS. The van der Waals surface area contributed by atoms with Crippen LogP contribution in [0.2, 0.25) is 0 Å². The van der Waals surface area contributed by atoms with Crippen molar-refractivity contribution in [3.8, 4) is 21.8 Å². The summed E-state index contributed by atoms with van der Waals surface area (Å²) in [4.78, 5) is 14.1. The molecule has 4 aromatic rings. The van der Waals surface area contributed by atoms with E-state index >= 15 is 0 Å². The van der Waals surface area contributed by atoms with E-state index in [9.17, 15) is 4.39 Å². The summed E-state index contributed by atoms with van der Waals surface area (Å²) in [5.41, 5.74) is 9.88. The van der Waals surface area contributed by atoms with E-state index in [-0.39, 0.29) is 12.4 Å². The van der Waals surface area contributed by atoms with Crippen molar-refractivity contribution in [1.82, 2.24) is 15.0 Å². The van der Waals surface area contributed by atoms with E-state index in [1.807, 2.05) is 24.3 Å². The van der Waals surface area contributed by atoms with Gasteiger partial charge in [0.25, 0.3) is 0 Å². The first-order valence-electron chi connectivity index (χ1n) is 8.95. The number of benzene rings is 2. The number of aliphatic hydroxyl groups excluding tert-OH is 1. The number of anilines is 3. The van der Waals surface area contributed by atoms with E-state index in [0.717, 1.165) is 21.7 Å². The van der Waals surface area contributed by atoms with Crippen LogP contribution in [0.15, 0.2) is 60.8 Å². The lowest BCUT2D eigenvalue weighted by Crippen LogP contribution is -1.99. The molecule has 146 valence electrons. The monoisotopic (exact) mass is 407 g/mol. The Morgan fingerprint density at radius 2 is 1.90 bits per heavy atom. The summed E-state index contributed by atoms with van der Waals surface area (Å²) >= 11 is 1.32. The summed E-state index contributed by atoms with van der Waals surface area (Å²) in [7, 11) is 0. The van der Waals surface area contributed by atoms with Gasteiger partial charge < -0.3 is 16.2 Å². The van der Waals surface area contributed by atoms with Crippen molar-refractivity contribution in [1.29, 1.82) is 0 Å². The van der Waals surface area contributed by atoms with Crippen LogP contribution in [0.1, 0.15) is 5.56 Å². The first kappa shape index (κ1) is 19.0. The van der Waals surface area contributed by atoms with Crippen LogP contribution in [0.4, 0.5) is 21.2 Å². The van der Waals surface area contributed by atoms with Crippen LogP contribution in [0.3, 0.4) is 0 Å². The molecule has 29 heavy (non-hydrogen) atoms. The van der Waals surface area contributed by atoms with Crippen molar-refractivity contribution in [3.63, 3.8) is 0 Å². The van der Waals surface area contributed by atoms with Crippen LogP contribution in [-0.4, -0.2) is 26.7 Å². The van der Waals surface area contributed by atoms with Crippen molar-refractivity contribution in [2.24, 2.45) is 0 Å². The molecule has 4 rings (SSSR count). The van der Waals surface area contributed by atoms with E-state index in [4.69, 9.17) is 10.8 Å². The highest BCUT2D eigenvalue weighted by Crippen LogP contribution is 2.37. The molecule has 0 amide bonds. The SMILES string of the molecule is Nc1nc(-c2ccc(F)cc2)c(-c2ccnc(Nc3cccc(CCO)c3)n2)s1. The number of rotatable bonds is 6. The van der Waals surface area contributed by atoms with Crippen molar-refractivity contribution in [2.75, 3.05) is 17.7 Å². The number of nitrogen functional groups attached to an aromatic ring is 1. The van der Waals surface area contributed by atoms with E-state index in [0.29, 0.717) is 28.9 Å². The summed E-state index contributed by atoms with van der Waals surface area (Å²) in [5.74, 6) is 0.121. The fourth-order valence-corrected chi connectivity index (χ4v) is 3.75. The first-order valence-corrected chi connectivity index (χ1v) is 9.76. The minimum atomic E-state index is -0.310. The molecule has 0 fully saturated rings. The Bertz CT molecular complexity index is 1130. The molecule has 0 unspecified atom stereocenters. The molecule has 2 aromatic carbocycles. The Labute approximate surface area is 170 Å². The zero-order valence-electron chi connectivity index (χ0n) is 15.3. The maximum absolute atomic E-state index is 13.3. The zero-order valence-corrected chi connectivity index (χ0v) is 16.2. The Hall–Kier alpha value is -3.36. The molecule has 0 bridgehead atoms. The number of hydrogen-bond acceptors (Lipinski definition) is 7. The third-order valence-corrected chi connectivity index (χ3v) is 5.14. The van der Waals surface area contributed by atoms with Gasteiger partial charge in [-0.1, -0.05) is 23.5 Å². The van der Waals surface area contributed by atoms with E-state index in [1.165, 1.54) is 23.5 Å². The standard InChI is InChI=1S/C21H18FN5OS/c22-15-6-4-14(5-7-15)18-19(29-20(23)27-18)17-8-10-24-21(26-17)25-16-3-1-2-13(12-16)9-11-28/h1-8,10,12,28H,9,11H2,(H2,23,27)(H,24,25,26). The minimum absolute atomic E-state index is 0.0917. The molecular weight excluding hydrogens is 389 g/mol. The number of nitrogens with one attached hydrogen (secondary N) is 1. The van der Waals surface area contributed by atoms with Crippen molar-refractivity contribution < 1.29 is 9.50 Å². The fourth-order valence-electron chi connectivity index (χ4n) is 2.92. The molecule has 2 heterocycles. The lowest BCUT2D eigenvalue weighted by atomic mass is 10.1. The number of halogens is 1. The molecule has 0 saturated heterocycles. The van der Waals surface area contributed by atoms with Crippen molar-refractivity contribution in [2.45, 2.75) is 6.42 Å². The molecule has 8 heteroatoms. The molecule has 0 aliphatic heterocycles. The number of nitrogens with zero attached hydrogens (tertiary/aromatic N) is 3. The fraction of sp³-hybridized carbons (Fsp3) is 0.0952. The summed E-state index contributed by atoms with van der Waals surface area (Å²) in [6.07, 6.45) is 2.24. The van der Waals surface area contributed by atoms with Crippen LogP contribution in [0.25, 0.3) is 21.8 Å². The van der Waals surface area contributed by atoms with Gasteiger partial charge in [0, 0.05) is 24.1 Å². The lowest BCUT2D eigenvalue weighted by Gasteiger charge is -2.08. The number of aromatic nitrogens is 3. The second-order valence-corrected chi connectivity index (χ2v) is 7.33.